The molecule has 0 aliphatic heterocycles. The maximum absolute atomic E-state index is 12.8. The third-order valence-corrected chi connectivity index (χ3v) is 4.93. The third-order valence-electron chi connectivity index (χ3n) is 3.79. The zero-order valence-electron chi connectivity index (χ0n) is 12.3. The predicted octanol–water partition coefficient (Wildman–Crippen LogP) is 3.29. The fourth-order valence-corrected chi connectivity index (χ4v) is 3.92. The number of anilines is 1. The Bertz CT molecular complexity index is 731. The zero-order valence-corrected chi connectivity index (χ0v) is 13.2. The maximum Gasteiger partial charge on any atom is 0.266 e. The number of nitrogens with zero attached hydrogens (tertiary/aromatic N) is 2. The van der Waals surface area contributed by atoms with E-state index in [1.807, 2.05) is 24.8 Å². The number of carbonyl (C=O) groups excluding carboxylic acids is 1. The van der Waals surface area contributed by atoms with Crippen LogP contribution in [0.1, 0.15) is 33.9 Å². The molecule has 5 heteroatoms. The number of hydrogen-bond acceptors (Lipinski definition) is 4. The van der Waals surface area contributed by atoms with Gasteiger partial charge in [0, 0.05) is 34.1 Å². The highest BCUT2D eigenvalue weighted by Gasteiger charge is 2.34. The van der Waals surface area contributed by atoms with Crippen molar-refractivity contribution in [3.63, 3.8) is 0 Å². The number of aryl methyl sites for hydroxylation is 2. The van der Waals surface area contributed by atoms with Crippen LogP contribution in [-0.2, 0) is 0 Å². The van der Waals surface area contributed by atoms with E-state index in [0.29, 0.717) is 23.2 Å². The lowest BCUT2D eigenvalue weighted by molar-refractivity contribution is 0.0768. The second-order valence-electron chi connectivity index (χ2n) is 5.54. The minimum absolute atomic E-state index is 0.0214. The molecule has 0 radical (unpaired) electrons. The lowest BCUT2D eigenvalue weighted by atomic mass is 10.2. The summed E-state index contributed by atoms with van der Waals surface area (Å²) >= 11 is 1.47. The average molecular weight is 301 g/mol. The molecule has 110 valence electrons. The van der Waals surface area contributed by atoms with Crippen LogP contribution in [0.4, 0.5) is 5.69 Å². The number of nitrogens with two attached hydrogens (primary N) is 1. The van der Waals surface area contributed by atoms with E-state index in [-0.39, 0.29) is 5.91 Å². The Hall–Kier alpha value is -1.88. The number of hydrogen-bond donors (Lipinski definition) is 1. The molecule has 1 aliphatic carbocycles. The molecule has 1 fully saturated rings. The third kappa shape index (κ3) is 2.42. The first-order valence-electron chi connectivity index (χ1n) is 7.11. The summed E-state index contributed by atoms with van der Waals surface area (Å²) in [6.45, 7) is 8.22. The van der Waals surface area contributed by atoms with E-state index in [1.54, 1.807) is 6.08 Å². The summed E-state index contributed by atoms with van der Waals surface area (Å²) in [5, 5.41) is 0.920. The lowest BCUT2D eigenvalue weighted by Gasteiger charge is -2.20. The van der Waals surface area contributed by atoms with E-state index >= 15 is 0 Å². The summed E-state index contributed by atoms with van der Waals surface area (Å²) < 4.78 is 1.04. The van der Waals surface area contributed by atoms with Gasteiger partial charge in [0.15, 0.2) is 0 Å². The number of aromatic nitrogens is 1. The number of pyridine rings is 1. The van der Waals surface area contributed by atoms with Gasteiger partial charge in [0.25, 0.3) is 5.91 Å². The first-order chi connectivity index (χ1) is 10.0. The maximum atomic E-state index is 12.8. The first kappa shape index (κ1) is 14.1. The van der Waals surface area contributed by atoms with Gasteiger partial charge in [-0.2, -0.15) is 0 Å². The highest BCUT2D eigenvalue weighted by molar-refractivity contribution is 7.21. The molecule has 3 rings (SSSR count). The molecule has 0 aromatic carbocycles. The number of carbonyl (C=O) groups is 1. The summed E-state index contributed by atoms with van der Waals surface area (Å²) in [5.41, 5.74) is 8.65. The molecule has 0 spiro atoms. The van der Waals surface area contributed by atoms with Crippen LogP contribution in [0.15, 0.2) is 18.7 Å². The molecule has 1 aliphatic rings. The molecule has 21 heavy (non-hydrogen) atoms. The minimum Gasteiger partial charge on any atom is -0.397 e. The van der Waals surface area contributed by atoms with Gasteiger partial charge in [0.1, 0.15) is 4.88 Å². The smallest absolute Gasteiger partial charge is 0.266 e. The van der Waals surface area contributed by atoms with E-state index in [2.05, 4.69) is 11.6 Å². The van der Waals surface area contributed by atoms with Gasteiger partial charge in [-0.05, 0) is 32.8 Å². The molecule has 1 amide bonds. The van der Waals surface area contributed by atoms with E-state index < -0.39 is 0 Å². The van der Waals surface area contributed by atoms with Crippen molar-refractivity contribution in [3.8, 4) is 0 Å². The first-order valence-corrected chi connectivity index (χ1v) is 7.92. The van der Waals surface area contributed by atoms with Crippen LogP contribution in [0.5, 0.6) is 0 Å². The lowest BCUT2D eigenvalue weighted by Crippen LogP contribution is -2.33. The summed E-state index contributed by atoms with van der Waals surface area (Å²) in [6.07, 6.45) is 3.92. The monoisotopic (exact) mass is 301 g/mol. The van der Waals surface area contributed by atoms with Gasteiger partial charge in [0.05, 0.1) is 5.69 Å². The zero-order chi connectivity index (χ0) is 15.1. The van der Waals surface area contributed by atoms with Crippen LogP contribution in [0.2, 0.25) is 0 Å². The molecule has 0 atom stereocenters. The van der Waals surface area contributed by atoms with Crippen LogP contribution in [0.3, 0.4) is 0 Å². The van der Waals surface area contributed by atoms with Gasteiger partial charge < -0.3 is 10.6 Å². The fraction of sp³-hybridized carbons (Fsp3) is 0.375. The topological polar surface area (TPSA) is 59.2 Å². The molecule has 0 bridgehead atoms. The van der Waals surface area contributed by atoms with E-state index in [9.17, 15) is 4.79 Å². The van der Waals surface area contributed by atoms with E-state index in [4.69, 9.17) is 5.73 Å². The summed E-state index contributed by atoms with van der Waals surface area (Å²) in [4.78, 5) is 19.8. The van der Waals surface area contributed by atoms with Gasteiger partial charge in [-0.3, -0.25) is 9.78 Å². The second kappa shape index (κ2) is 5.15. The fourth-order valence-electron chi connectivity index (χ4n) is 2.69. The van der Waals surface area contributed by atoms with Crippen molar-refractivity contribution in [1.29, 1.82) is 0 Å². The minimum atomic E-state index is 0.0214. The number of nitrogen functional groups attached to an aromatic ring is 1. The number of fused-ring (bicyclic) bond motifs is 1. The van der Waals surface area contributed by atoms with Crippen LogP contribution in [-0.4, -0.2) is 28.4 Å². The van der Waals surface area contributed by atoms with Crippen molar-refractivity contribution in [3.05, 3.63) is 35.0 Å². The second-order valence-corrected chi connectivity index (χ2v) is 6.60. The Balaban J connectivity index is 2.07. The standard InChI is InChI=1S/C16H19N3OS/c1-4-7-19(11-5-6-11)16(20)15-14(17)13-10(3)18-9(2)8-12(13)21-15/h4,8,11H,1,5-7,17H2,2-3H3. The Kier molecular flexibility index (Phi) is 3.45. The van der Waals surface area contributed by atoms with Crippen LogP contribution in [0, 0.1) is 13.8 Å². The van der Waals surface area contributed by atoms with Crippen LogP contribution < -0.4 is 5.73 Å². The average Bonchev–Trinajstić information content (AvgIpc) is 3.19. The normalized spacial score (nSPS) is 14.4. The Morgan fingerprint density at radius 2 is 2.29 bits per heavy atom. The van der Waals surface area contributed by atoms with Crippen LogP contribution >= 0.6 is 11.3 Å². The molecule has 2 N–H and O–H groups in total. The molecule has 0 saturated heterocycles. The van der Waals surface area contributed by atoms with Crippen molar-refractivity contribution in [2.45, 2.75) is 32.7 Å². The van der Waals surface area contributed by atoms with Crippen molar-refractivity contribution in [2.24, 2.45) is 0 Å². The molecule has 1 saturated carbocycles. The van der Waals surface area contributed by atoms with Crippen LogP contribution in [0.25, 0.3) is 10.1 Å². The molecular formula is C16H19N3OS. The van der Waals surface area contributed by atoms with Gasteiger partial charge in [0.2, 0.25) is 0 Å². The van der Waals surface area contributed by atoms with Crippen molar-refractivity contribution in [1.82, 2.24) is 9.88 Å². The van der Waals surface area contributed by atoms with Gasteiger partial charge >= 0.3 is 0 Å². The Morgan fingerprint density at radius 3 is 2.90 bits per heavy atom. The molecular weight excluding hydrogens is 282 g/mol. The number of thiophene rings is 1. The molecule has 2 aromatic rings. The van der Waals surface area contributed by atoms with Crippen molar-refractivity contribution >= 4 is 33.0 Å². The Morgan fingerprint density at radius 1 is 1.57 bits per heavy atom. The Labute approximate surface area is 128 Å². The number of amides is 1. The summed E-state index contributed by atoms with van der Waals surface area (Å²) in [6, 6.07) is 2.34. The summed E-state index contributed by atoms with van der Waals surface area (Å²) in [5.74, 6) is 0.0214. The number of rotatable bonds is 4. The molecule has 4 nitrogen and oxygen atoms in total. The molecule has 2 heterocycles. The van der Waals surface area contributed by atoms with Gasteiger partial charge in [-0.25, -0.2) is 0 Å². The summed E-state index contributed by atoms with van der Waals surface area (Å²) in [7, 11) is 0. The van der Waals surface area contributed by atoms with Crippen molar-refractivity contribution in [2.75, 3.05) is 12.3 Å². The van der Waals surface area contributed by atoms with E-state index in [1.165, 1.54) is 11.3 Å². The van der Waals surface area contributed by atoms with Gasteiger partial charge in [-0.1, -0.05) is 6.08 Å². The molecule has 0 unspecified atom stereocenters. The SMILES string of the molecule is C=CCN(C(=O)c1sc2cc(C)nc(C)c2c1N)C1CC1. The predicted molar refractivity (Wildman–Crippen MR) is 87.8 cm³/mol. The van der Waals surface area contributed by atoms with Crippen molar-refractivity contribution < 1.29 is 4.79 Å². The van der Waals surface area contributed by atoms with E-state index in [0.717, 1.165) is 34.3 Å². The highest BCUT2D eigenvalue weighted by Crippen LogP contribution is 2.38. The quantitative estimate of drug-likeness (QED) is 0.882. The highest BCUT2D eigenvalue weighted by atomic mass is 32.1. The largest absolute Gasteiger partial charge is 0.397 e. The molecule has 2 aromatic heterocycles. The van der Waals surface area contributed by atoms with Gasteiger partial charge in [-0.15, -0.1) is 17.9 Å².